The number of rotatable bonds is 6. The van der Waals surface area contributed by atoms with Crippen molar-refractivity contribution < 1.29 is 15.0 Å². The summed E-state index contributed by atoms with van der Waals surface area (Å²) in [4.78, 5) is 25.2. The van der Waals surface area contributed by atoms with Gasteiger partial charge in [-0.2, -0.15) is 10.2 Å². The highest BCUT2D eigenvalue weighted by Gasteiger charge is 2.16. The maximum atomic E-state index is 12.6. The third kappa shape index (κ3) is 4.01. The summed E-state index contributed by atoms with van der Waals surface area (Å²) < 4.78 is 1.31. The Labute approximate surface area is 160 Å². The van der Waals surface area contributed by atoms with Crippen molar-refractivity contribution in [2.24, 2.45) is 5.10 Å². The largest absolute Gasteiger partial charge is 0.504 e. The average molecular weight is 380 g/mol. The average Bonchev–Trinajstić information content (AvgIpc) is 2.70. The maximum absolute atomic E-state index is 12.6. The van der Waals surface area contributed by atoms with E-state index in [1.54, 1.807) is 24.3 Å². The van der Waals surface area contributed by atoms with Crippen LogP contribution in [0.15, 0.2) is 52.4 Å². The van der Waals surface area contributed by atoms with Gasteiger partial charge in [0, 0.05) is 11.9 Å². The number of amides is 1. The van der Waals surface area contributed by atoms with E-state index in [1.807, 2.05) is 6.92 Å². The molecule has 0 saturated carbocycles. The Morgan fingerprint density at radius 3 is 2.64 bits per heavy atom. The Hall–Kier alpha value is -3.68. The number of aromatic hydroxyl groups is 2. The summed E-state index contributed by atoms with van der Waals surface area (Å²) in [5.41, 5.74) is 2.75. The molecule has 0 aliphatic rings. The van der Waals surface area contributed by atoms with Crippen LogP contribution >= 0.6 is 0 Å². The first kappa shape index (κ1) is 19.1. The third-order valence-electron chi connectivity index (χ3n) is 4.19. The van der Waals surface area contributed by atoms with Crippen molar-refractivity contribution in [3.63, 3.8) is 0 Å². The summed E-state index contributed by atoms with van der Waals surface area (Å²) in [7, 11) is 0. The predicted octanol–water partition coefficient (Wildman–Crippen LogP) is 2.37. The van der Waals surface area contributed by atoms with E-state index in [0.29, 0.717) is 22.9 Å². The molecule has 0 unspecified atom stereocenters. The molecule has 3 N–H and O–H groups in total. The molecule has 0 spiro atoms. The number of aromatic nitrogens is 2. The second-order valence-corrected chi connectivity index (χ2v) is 6.22. The summed E-state index contributed by atoms with van der Waals surface area (Å²) in [6, 6.07) is 11.0. The van der Waals surface area contributed by atoms with E-state index < -0.39 is 5.91 Å². The molecule has 8 nitrogen and oxygen atoms in total. The highest BCUT2D eigenvalue weighted by molar-refractivity contribution is 6.04. The van der Waals surface area contributed by atoms with E-state index in [4.69, 9.17) is 0 Å². The van der Waals surface area contributed by atoms with Crippen LogP contribution in [0.5, 0.6) is 11.5 Å². The number of phenolic OH excluding ortho intramolecular Hbond substituents is 2. The number of aryl methyl sites for hydroxylation is 1. The third-order valence-corrected chi connectivity index (χ3v) is 4.19. The van der Waals surface area contributed by atoms with Gasteiger partial charge in [0.25, 0.3) is 11.5 Å². The van der Waals surface area contributed by atoms with Crippen LogP contribution in [0, 0.1) is 0 Å². The molecule has 0 fully saturated rings. The lowest BCUT2D eigenvalue weighted by atomic mass is 10.1. The number of phenols is 2. The number of fused-ring (bicyclic) bond motifs is 1. The highest BCUT2D eigenvalue weighted by Crippen LogP contribution is 2.24. The molecule has 1 aromatic heterocycles. The lowest BCUT2D eigenvalue weighted by Gasteiger charge is -2.09. The molecule has 0 aliphatic heterocycles. The number of carbonyl (C=O) groups excluding carboxylic acids is 1. The second-order valence-electron chi connectivity index (χ2n) is 6.22. The Balaban J connectivity index is 1.90. The number of carbonyl (C=O) groups is 1. The molecule has 3 aromatic rings. The summed E-state index contributed by atoms with van der Waals surface area (Å²) in [6.07, 6.45) is 2.99. The minimum atomic E-state index is -0.555. The van der Waals surface area contributed by atoms with Gasteiger partial charge in [-0.05, 0) is 36.2 Å². The molecule has 1 amide bonds. The Kier molecular flexibility index (Phi) is 5.69. The predicted molar refractivity (Wildman–Crippen MR) is 106 cm³/mol. The highest BCUT2D eigenvalue weighted by atomic mass is 16.3. The lowest BCUT2D eigenvalue weighted by Crippen LogP contribution is -2.29. The molecule has 3 rings (SSSR count). The van der Waals surface area contributed by atoms with Gasteiger partial charge in [0.05, 0.1) is 11.6 Å². The van der Waals surface area contributed by atoms with Crippen molar-refractivity contribution in [1.29, 1.82) is 0 Å². The number of hydrogen-bond acceptors (Lipinski definition) is 6. The number of unbranched alkanes of at least 4 members (excludes halogenated alkanes) is 1. The number of nitrogens with one attached hydrogen (secondary N) is 1. The van der Waals surface area contributed by atoms with Gasteiger partial charge < -0.3 is 10.2 Å². The van der Waals surface area contributed by atoms with E-state index in [-0.39, 0.29) is 22.8 Å². The molecule has 0 aliphatic carbocycles. The van der Waals surface area contributed by atoms with Crippen LogP contribution in [0.4, 0.5) is 0 Å². The van der Waals surface area contributed by atoms with E-state index >= 15 is 0 Å². The summed E-state index contributed by atoms with van der Waals surface area (Å²) in [5.74, 6) is -1.09. The van der Waals surface area contributed by atoms with Gasteiger partial charge in [0.15, 0.2) is 17.2 Å². The van der Waals surface area contributed by atoms with Crippen LogP contribution in [-0.4, -0.2) is 32.1 Å². The van der Waals surface area contributed by atoms with Gasteiger partial charge in [0.1, 0.15) is 0 Å². The van der Waals surface area contributed by atoms with E-state index in [2.05, 4.69) is 15.6 Å². The molecule has 1 heterocycles. The summed E-state index contributed by atoms with van der Waals surface area (Å²) in [6.45, 7) is 2.44. The first-order chi connectivity index (χ1) is 13.5. The first-order valence-corrected chi connectivity index (χ1v) is 8.86. The summed E-state index contributed by atoms with van der Waals surface area (Å²) >= 11 is 0. The fraction of sp³-hybridized carbons (Fsp3) is 0.200. The van der Waals surface area contributed by atoms with Gasteiger partial charge in [0.2, 0.25) is 0 Å². The molecular formula is C20H20N4O4. The topological polar surface area (TPSA) is 117 Å². The fourth-order valence-corrected chi connectivity index (χ4v) is 2.70. The van der Waals surface area contributed by atoms with Crippen molar-refractivity contribution in [3.05, 3.63) is 64.1 Å². The fourth-order valence-electron chi connectivity index (χ4n) is 2.70. The molecular weight excluding hydrogens is 360 g/mol. The SMILES string of the molecule is CCCCn1nc(C(=O)N/N=C/c2ccc(O)c(O)c2)c2ccccc2c1=O. The number of hydrogen-bond donors (Lipinski definition) is 3. The van der Waals surface area contributed by atoms with Crippen LogP contribution in [0.2, 0.25) is 0 Å². The number of nitrogens with zero attached hydrogens (tertiary/aromatic N) is 3. The molecule has 0 radical (unpaired) electrons. The summed E-state index contributed by atoms with van der Waals surface area (Å²) in [5, 5.41) is 27.8. The van der Waals surface area contributed by atoms with Gasteiger partial charge in [-0.25, -0.2) is 10.1 Å². The minimum Gasteiger partial charge on any atom is -0.504 e. The molecule has 0 atom stereocenters. The molecule has 2 aromatic carbocycles. The standard InChI is InChI=1S/C20H20N4O4/c1-2-3-10-24-20(28)15-7-5-4-6-14(15)18(23-24)19(27)22-21-12-13-8-9-16(25)17(26)11-13/h4-9,11-12,25-26H,2-3,10H2,1H3,(H,22,27)/b21-12+. The van der Waals surface area contributed by atoms with Gasteiger partial charge >= 0.3 is 0 Å². The lowest BCUT2D eigenvalue weighted by molar-refractivity contribution is 0.0949. The van der Waals surface area contributed by atoms with E-state index in [1.165, 1.54) is 29.1 Å². The zero-order valence-corrected chi connectivity index (χ0v) is 15.3. The molecule has 144 valence electrons. The maximum Gasteiger partial charge on any atom is 0.292 e. The molecule has 0 saturated heterocycles. The molecule has 0 bridgehead atoms. The van der Waals surface area contributed by atoms with Crippen molar-refractivity contribution in [2.75, 3.05) is 0 Å². The number of hydrazone groups is 1. The second kappa shape index (κ2) is 8.34. The monoisotopic (exact) mass is 380 g/mol. The van der Waals surface area contributed by atoms with Crippen LogP contribution < -0.4 is 11.0 Å². The number of benzene rings is 2. The van der Waals surface area contributed by atoms with Crippen molar-refractivity contribution in [3.8, 4) is 11.5 Å². The van der Waals surface area contributed by atoms with E-state index in [9.17, 15) is 19.8 Å². The zero-order valence-electron chi connectivity index (χ0n) is 15.3. The van der Waals surface area contributed by atoms with Crippen molar-refractivity contribution >= 4 is 22.9 Å². The van der Waals surface area contributed by atoms with Crippen LogP contribution in [-0.2, 0) is 6.54 Å². The van der Waals surface area contributed by atoms with Crippen molar-refractivity contribution in [1.82, 2.24) is 15.2 Å². The quantitative estimate of drug-likeness (QED) is 0.345. The Morgan fingerprint density at radius 2 is 1.93 bits per heavy atom. The van der Waals surface area contributed by atoms with Crippen molar-refractivity contribution in [2.45, 2.75) is 26.3 Å². The zero-order chi connectivity index (χ0) is 20.1. The minimum absolute atomic E-state index is 0.108. The van der Waals surface area contributed by atoms with Crippen LogP contribution in [0.1, 0.15) is 35.8 Å². The van der Waals surface area contributed by atoms with E-state index in [0.717, 1.165) is 12.8 Å². The Morgan fingerprint density at radius 1 is 1.18 bits per heavy atom. The Bertz CT molecular complexity index is 1110. The van der Waals surface area contributed by atoms with Crippen LogP contribution in [0.25, 0.3) is 10.8 Å². The van der Waals surface area contributed by atoms with Crippen LogP contribution in [0.3, 0.4) is 0 Å². The normalized spacial score (nSPS) is 11.2. The molecule has 8 heteroatoms. The molecule has 28 heavy (non-hydrogen) atoms. The van der Waals surface area contributed by atoms with Gasteiger partial charge in [-0.3, -0.25) is 9.59 Å². The smallest absolute Gasteiger partial charge is 0.292 e. The van der Waals surface area contributed by atoms with Gasteiger partial charge in [-0.15, -0.1) is 0 Å². The van der Waals surface area contributed by atoms with Gasteiger partial charge in [-0.1, -0.05) is 31.5 Å². The first-order valence-electron chi connectivity index (χ1n) is 8.86.